The van der Waals surface area contributed by atoms with E-state index in [-0.39, 0.29) is 24.7 Å². The summed E-state index contributed by atoms with van der Waals surface area (Å²) in [4.78, 5) is 39.5. The van der Waals surface area contributed by atoms with E-state index in [1.807, 2.05) is 0 Å². The van der Waals surface area contributed by atoms with Crippen molar-refractivity contribution in [2.75, 3.05) is 35.0 Å². The maximum atomic E-state index is 13.0. The highest BCUT2D eigenvalue weighted by Crippen LogP contribution is 2.40. The molecule has 0 radical (unpaired) electrons. The number of H-pyrrole nitrogens is 1. The van der Waals surface area contributed by atoms with E-state index in [0.29, 0.717) is 51.8 Å². The van der Waals surface area contributed by atoms with E-state index in [2.05, 4.69) is 15.3 Å². The smallest absolute Gasteiger partial charge is 0.330 e. The van der Waals surface area contributed by atoms with Crippen LogP contribution in [0.25, 0.3) is 6.08 Å². The van der Waals surface area contributed by atoms with Crippen molar-refractivity contribution in [3.63, 3.8) is 0 Å². The van der Waals surface area contributed by atoms with Crippen LogP contribution in [0.1, 0.15) is 45.9 Å². The summed E-state index contributed by atoms with van der Waals surface area (Å²) in [5.74, 6) is 1.62. The van der Waals surface area contributed by atoms with Crippen molar-refractivity contribution in [1.82, 2.24) is 24.5 Å². The molecule has 0 amide bonds. The Morgan fingerprint density at radius 2 is 1.77 bits per heavy atom. The number of aliphatic hydroxyl groups excluding tert-OH is 1. The molecule has 1 aliphatic rings. The molecule has 1 saturated heterocycles. The largest absolute Gasteiger partial charge is 0.493 e. The van der Waals surface area contributed by atoms with Crippen molar-refractivity contribution >= 4 is 11.9 Å². The Morgan fingerprint density at radius 3 is 2.47 bits per heavy atom. The van der Waals surface area contributed by atoms with E-state index in [0.717, 1.165) is 0 Å². The van der Waals surface area contributed by atoms with E-state index in [9.17, 15) is 19.5 Å². The van der Waals surface area contributed by atoms with Crippen LogP contribution in [0.5, 0.6) is 28.7 Å². The number of rotatable bonds is 13. The third-order valence-corrected chi connectivity index (χ3v) is 7.70. The highest BCUT2D eigenvalue weighted by Gasteiger charge is 2.38. The quantitative estimate of drug-likeness (QED) is 0.160. The molecule has 3 atom stereocenters. The van der Waals surface area contributed by atoms with Crippen LogP contribution in [-0.2, 0) is 11.3 Å². The van der Waals surface area contributed by atoms with Gasteiger partial charge in [0.15, 0.2) is 28.8 Å². The summed E-state index contributed by atoms with van der Waals surface area (Å²) in [7, 11) is 5.93. The lowest BCUT2D eigenvalue weighted by atomic mass is 10.1. The number of ketones is 1. The molecule has 3 heterocycles. The third kappa shape index (κ3) is 6.90. The molecule has 2 aromatic heterocycles. The molecule has 0 aliphatic carbocycles. The van der Waals surface area contributed by atoms with Crippen molar-refractivity contribution in [3.8, 4) is 28.7 Å². The van der Waals surface area contributed by atoms with Crippen molar-refractivity contribution in [2.24, 2.45) is 0 Å². The normalized spacial score (nSPS) is 17.5. The van der Waals surface area contributed by atoms with Gasteiger partial charge in [0.2, 0.25) is 5.75 Å². The molecule has 5 rings (SSSR count). The highest BCUT2D eigenvalue weighted by atomic mass is 16.5. The Hall–Kier alpha value is -5.41. The lowest BCUT2D eigenvalue weighted by molar-refractivity contribution is -0.0323. The molecule has 248 valence electrons. The number of aryl methyl sites for hydroxylation is 1. The Bertz CT molecular complexity index is 1900. The number of aromatic nitrogens is 5. The van der Waals surface area contributed by atoms with Gasteiger partial charge in [-0.3, -0.25) is 19.1 Å². The van der Waals surface area contributed by atoms with Gasteiger partial charge in [0, 0.05) is 18.2 Å². The average Bonchev–Trinajstić information content (AvgIpc) is 3.74. The zero-order valence-electron chi connectivity index (χ0n) is 26.5. The summed E-state index contributed by atoms with van der Waals surface area (Å²) in [5, 5.41) is 18.3. The maximum Gasteiger partial charge on any atom is 0.330 e. The fourth-order valence-electron chi connectivity index (χ4n) is 5.29. The summed E-state index contributed by atoms with van der Waals surface area (Å²) in [5.41, 5.74) is 0.798. The molecule has 1 fully saturated rings. The number of hydrogen-bond donors (Lipinski definition) is 2. The number of nitrogens with one attached hydrogen (secondary N) is 1. The van der Waals surface area contributed by atoms with Crippen LogP contribution in [0.15, 0.2) is 58.4 Å². The number of nitrogens with zero attached hydrogens (tertiary/aromatic N) is 4. The minimum absolute atomic E-state index is 0.0580. The molecule has 2 N–H and O–H groups in total. The number of carbonyl (C=O) groups excluding carboxylic acids is 1. The van der Waals surface area contributed by atoms with Gasteiger partial charge in [-0.15, -0.1) is 5.10 Å². The van der Waals surface area contributed by atoms with Gasteiger partial charge in [0.25, 0.3) is 5.56 Å². The lowest BCUT2D eigenvalue weighted by Gasteiger charge is -2.15. The van der Waals surface area contributed by atoms with Gasteiger partial charge >= 0.3 is 5.69 Å². The van der Waals surface area contributed by atoms with Crippen LogP contribution in [0.4, 0.5) is 0 Å². The van der Waals surface area contributed by atoms with Crippen LogP contribution in [0.2, 0.25) is 0 Å². The Labute approximate surface area is 268 Å². The molecular weight excluding hydrogens is 614 g/mol. The second-order valence-corrected chi connectivity index (χ2v) is 10.6. The van der Waals surface area contributed by atoms with E-state index >= 15 is 0 Å². The molecule has 4 aromatic rings. The summed E-state index contributed by atoms with van der Waals surface area (Å²) in [6.07, 6.45) is 5.12. The number of aliphatic hydroxyl groups is 1. The molecule has 0 unspecified atom stereocenters. The zero-order valence-corrected chi connectivity index (χ0v) is 26.5. The fraction of sp³-hybridized carbons (Fsp3) is 0.344. The number of allylic oxidation sites excluding steroid dienone is 1. The lowest BCUT2D eigenvalue weighted by Crippen LogP contribution is -2.33. The number of carbonyl (C=O) groups is 1. The second kappa shape index (κ2) is 14.3. The second-order valence-electron chi connectivity index (χ2n) is 10.6. The molecule has 1 aliphatic heterocycles. The van der Waals surface area contributed by atoms with E-state index < -0.39 is 29.6 Å². The minimum Gasteiger partial charge on any atom is -0.493 e. The molecule has 0 spiro atoms. The molecular formula is C32H35N5O10. The Balaban J connectivity index is 1.25. The predicted octanol–water partition coefficient (Wildman–Crippen LogP) is 2.47. The number of methoxy groups -OCH3 is 4. The predicted molar refractivity (Wildman–Crippen MR) is 168 cm³/mol. The van der Waals surface area contributed by atoms with Gasteiger partial charge in [-0.05, 0) is 42.8 Å². The first-order valence-corrected chi connectivity index (χ1v) is 14.5. The summed E-state index contributed by atoms with van der Waals surface area (Å²) in [6, 6.07) is 8.03. The summed E-state index contributed by atoms with van der Waals surface area (Å²) < 4.78 is 36.4. The van der Waals surface area contributed by atoms with Crippen LogP contribution in [-0.4, -0.2) is 76.6 Å². The fourth-order valence-corrected chi connectivity index (χ4v) is 5.29. The van der Waals surface area contributed by atoms with Crippen LogP contribution >= 0.6 is 0 Å². The summed E-state index contributed by atoms with van der Waals surface area (Å²) >= 11 is 0. The molecule has 15 nitrogen and oxygen atoms in total. The van der Waals surface area contributed by atoms with Crippen molar-refractivity contribution in [1.29, 1.82) is 0 Å². The van der Waals surface area contributed by atoms with E-state index in [4.69, 9.17) is 28.4 Å². The average molecular weight is 650 g/mol. The molecule has 47 heavy (non-hydrogen) atoms. The number of ether oxygens (including phenoxy) is 6. The van der Waals surface area contributed by atoms with Gasteiger partial charge in [-0.1, -0.05) is 17.4 Å². The molecule has 0 saturated carbocycles. The topological polar surface area (TPSA) is 178 Å². The number of benzene rings is 2. The van der Waals surface area contributed by atoms with Gasteiger partial charge in [0.1, 0.15) is 24.6 Å². The van der Waals surface area contributed by atoms with Crippen LogP contribution < -0.4 is 34.9 Å². The van der Waals surface area contributed by atoms with E-state index in [1.54, 1.807) is 54.2 Å². The maximum absolute atomic E-state index is 13.0. The van der Waals surface area contributed by atoms with E-state index in [1.165, 1.54) is 45.3 Å². The zero-order chi connectivity index (χ0) is 33.7. The molecule has 15 heteroatoms. The van der Waals surface area contributed by atoms with Crippen molar-refractivity contribution in [3.05, 3.63) is 92.0 Å². The van der Waals surface area contributed by atoms with Crippen molar-refractivity contribution in [2.45, 2.75) is 38.3 Å². The molecule has 0 bridgehead atoms. The third-order valence-electron chi connectivity index (χ3n) is 7.70. The Kier molecular flexibility index (Phi) is 10.1. The SMILES string of the molecule is COc1cc(/C=C/C(=O)c2ccc(OC)c(OC)c2OC)ccc1OCc1cn([C@H]2C[C@H](n3cc(C)c(=O)[nH]c3=O)O[C@@H]2CO)nn1. The first kappa shape index (κ1) is 33.0. The van der Waals surface area contributed by atoms with Gasteiger partial charge < -0.3 is 33.5 Å². The first-order valence-electron chi connectivity index (χ1n) is 14.5. The first-order chi connectivity index (χ1) is 22.7. The van der Waals surface area contributed by atoms with Crippen molar-refractivity contribution < 1.29 is 38.3 Å². The monoisotopic (exact) mass is 649 g/mol. The van der Waals surface area contributed by atoms with Crippen LogP contribution in [0, 0.1) is 6.92 Å². The number of aromatic amines is 1. The summed E-state index contributed by atoms with van der Waals surface area (Å²) in [6.45, 7) is 1.34. The highest BCUT2D eigenvalue weighted by molar-refractivity contribution is 6.09. The van der Waals surface area contributed by atoms with Crippen LogP contribution in [0.3, 0.4) is 0 Å². The standard InChI is InChI=1S/C32H35N5O10/c1-18-14-36(32(41)33-31(18)40)28-13-22(27(16-38)47-28)37-15-20(34-35-37)17-46-24-10-7-19(12-26(24)43-3)6-9-23(39)21-8-11-25(42-2)30(45-5)29(21)44-4/h6-12,14-15,22,27-28,38H,13,16-17H2,1-5H3,(H,33,40,41)/b9-6+/t22-,27+,28+/m0/s1. The molecule has 2 aromatic carbocycles. The van der Waals surface area contributed by atoms with Gasteiger partial charge in [-0.2, -0.15) is 0 Å². The van der Waals surface area contributed by atoms with Gasteiger partial charge in [0.05, 0.1) is 52.8 Å². The Morgan fingerprint density at radius 1 is 1.02 bits per heavy atom. The number of hydrogen-bond acceptors (Lipinski definition) is 12. The minimum atomic E-state index is -0.711. The van der Waals surface area contributed by atoms with Gasteiger partial charge in [-0.25, -0.2) is 9.48 Å².